The van der Waals surface area contributed by atoms with Crippen molar-refractivity contribution in [1.29, 1.82) is 5.26 Å². The molecule has 17 heavy (non-hydrogen) atoms. The molecule has 1 aliphatic rings. The van der Waals surface area contributed by atoms with E-state index in [4.69, 9.17) is 10.00 Å². The zero-order chi connectivity index (χ0) is 12.1. The van der Waals surface area contributed by atoms with Crippen LogP contribution in [0.2, 0.25) is 0 Å². The van der Waals surface area contributed by atoms with Gasteiger partial charge in [-0.2, -0.15) is 5.26 Å². The van der Waals surface area contributed by atoms with Crippen LogP contribution in [0.25, 0.3) is 0 Å². The molecule has 0 aliphatic carbocycles. The molecule has 1 saturated heterocycles. The van der Waals surface area contributed by atoms with Gasteiger partial charge < -0.3 is 9.84 Å². The number of nitriles is 1. The van der Waals surface area contributed by atoms with E-state index >= 15 is 0 Å². The molecule has 0 bridgehead atoms. The van der Waals surface area contributed by atoms with Gasteiger partial charge in [-0.05, 0) is 17.7 Å². The summed E-state index contributed by atoms with van der Waals surface area (Å²) in [4.78, 5) is 2.17. The first-order valence-electron chi connectivity index (χ1n) is 5.78. The standard InChI is InChI=1S/C13H16N2O2/c14-9-11-2-1-3-12(8-11)13(16)10-15-4-6-17-7-5-15/h1-3,8,13,16H,4-7,10H2. The van der Waals surface area contributed by atoms with Gasteiger partial charge in [0.05, 0.1) is 31.0 Å². The zero-order valence-corrected chi connectivity index (χ0v) is 9.67. The van der Waals surface area contributed by atoms with Gasteiger partial charge >= 0.3 is 0 Å². The molecule has 0 saturated carbocycles. The Kier molecular flexibility index (Phi) is 4.10. The number of hydrogen-bond donors (Lipinski definition) is 1. The molecule has 1 unspecified atom stereocenters. The molecule has 1 fully saturated rings. The van der Waals surface area contributed by atoms with Crippen LogP contribution in [0, 0.1) is 11.3 Å². The Morgan fingerprint density at radius 1 is 1.41 bits per heavy atom. The zero-order valence-electron chi connectivity index (χ0n) is 9.67. The minimum atomic E-state index is -0.540. The number of ether oxygens (including phenoxy) is 1. The van der Waals surface area contributed by atoms with Gasteiger partial charge in [0.25, 0.3) is 0 Å². The first-order chi connectivity index (χ1) is 8.29. The molecular formula is C13H16N2O2. The third kappa shape index (κ3) is 3.27. The highest BCUT2D eigenvalue weighted by Gasteiger charge is 2.16. The Morgan fingerprint density at radius 3 is 2.88 bits per heavy atom. The lowest BCUT2D eigenvalue weighted by molar-refractivity contribution is 0.0143. The Labute approximate surface area is 101 Å². The van der Waals surface area contributed by atoms with E-state index in [2.05, 4.69) is 11.0 Å². The number of β-amino-alcohol motifs (C(OH)–C–C–N with tert-alkyl or cyclic N) is 1. The molecule has 1 heterocycles. The second-order valence-electron chi connectivity index (χ2n) is 4.17. The highest BCUT2D eigenvalue weighted by molar-refractivity contribution is 5.33. The first-order valence-corrected chi connectivity index (χ1v) is 5.78. The van der Waals surface area contributed by atoms with Gasteiger partial charge in [0.2, 0.25) is 0 Å². The van der Waals surface area contributed by atoms with Crippen LogP contribution >= 0.6 is 0 Å². The number of nitrogens with zero attached hydrogens (tertiary/aromatic N) is 2. The summed E-state index contributed by atoms with van der Waals surface area (Å²) in [7, 11) is 0. The van der Waals surface area contributed by atoms with Crippen molar-refractivity contribution in [2.24, 2.45) is 0 Å². The Hall–Kier alpha value is -1.41. The van der Waals surface area contributed by atoms with Crippen molar-refractivity contribution in [1.82, 2.24) is 4.90 Å². The number of hydrogen-bond acceptors (Lipinski definition) is 4. The van der Waals surface area contributed by atoms with Gasteiger partial charge in [0, 0.05) is 19.6 Å². The highest BCUT2D eigenvalue weighted by Crippen LogP contribution is 2.16. The average Bonchev–Trinajstić information content (AvgIpc) is 2.40. The molecule has 4 heteroatoms. The molecule has 1 aliphatic heterocycles. The molecule has 0 aromatic heterocycles. The summed E-state index contributed by atoms with van der Waals surface area (Å²) in [6, 6.07) is 9.22. The Balaban J connectivity index is 1.98. The lowest BCUT2D eigenvalue weighted by atomic mass is 10.1. The quantitative estimate of drug-likeness (QED) is 0.842. The second kappa shape index (κ2) is 5.78. The van der Waals surface area contributed by atoms with E-state index in [1.54, 1.807) is 18.2 Å². The molecule has 4 nitrogen and oxygen atoms in total. The van der Waals surface area contributed by atoms with Crippen molar-refractivity contribution in [2.45, 2.75) is 6.10 Å². The molecule has 90 valence electrons. The fraction of sp³-hybridized carbons (Fsp3) is 0.462. The molecule has 0 radical (unpaired) electrons. The predicted molar refractivity (Wildman–Crippen MR) is 63.4 cm³/mol. The van der Waals surface area contributed by atoms with Crippen LogP contribution in [0.15, 0.2) is 24.3 Å². The Morgan fingerprint density at radius 2 is 2.18 bits per heavy atom. The SMILES string of the molecule is N#Cc1cccc(C(O)CN2CCOCC2)c1. The predicted octanol–water partition coefficient (Wildman–Crippen LogP) is 0.924. The minimum absolute atomic E-state index is 0.540. The van der Waals surface area contributed by atoms with Gasteiger partial charge in [-0.25, -0.2) is 0 Å². The molecule has 0 spiro atoms. The maximum absolute atomic E-state index is 10.1. The summed E-state index contributed by atoms with van der Waals surface area (Å²) in [6.07, 6.45) is -0.540. The average molecular weight is 232 g/mol. The number of benzene rings is 1. The van der Waals surface area contributed by atoms with E-state index in [9.17, 15) is 5.11 Å². The molecule has 1 atom stereocenters. The maximum atomic E-state index is 10.1. The Bertz CT molecular complexity index is 408. The van der Waals surface area contributed by atoms with Crippen molar-refractivity contribution < 1.29 is 9.84 Å². The van der Waals surface area contributed by atoms with Crippen molar-refractivity contribution in [3.8, 4) is 6.07 Å². The maximum Gasteiger partial charge on any atom is 0.0991 e. The molecular weight excluding hydrogens is 216 g/mol. The van der Waals surface area contributed by atoms with Gasteiger partial charge in [0.1, 0.15) is 0 Å². The van der Waals surface area contributed by atoms with E-state index in [0.29, 0.717) is 12.1 Å². The molecule has 1 N–H and O–H groups in total. The lowest BCUT2D eigenvalue weighted by Gasteiger charge is -2.28. The topological polar surface area (TPSA) is 56.5 Å². The van der Waals surface area contributed by atoms with Gasteiger partial charge in [-0.15, -0.1) is 0 Å². The van der Waals surface area contributed by atoms with E-state index in [1.165, 1.54) is 0 Å². The number of aliphatic hydroxyl groups excluding tert-OH is 1. The fourth-order valence-corrected chi connectivity index (χ4v) is 1.95. The summed E-state index contributed by atoms with van der Waals surface area (Å²) in [5.41, 5.74) is 1.39. The molecule has 1 aromatic rings. The normalized spacial score (nSPS) is 18.6. The molecule has 1 aromatic carbocycles. The van der Waals surface area contributed by atoms with E-state index < -0.39 is 6.10 Å². The second-order valence-corrected chi connectivity index (χ2v) is 4.17. The van der Waals surface area contributed by atoms with Crippen LogP contribution < -0.4 is 0 Å². The van der Waals surface area contributed by atoms with Crippen molar-refractivity contribution in [2.75, 3.05) is 32.8 Å². The number of aliphatic hydroxyl groups is 1. The number of rotatable bonds is 3. The monoisotopic (exact) mass is 232 g/mol. The highest BCUT2D eigenvalue weighted by atomic mass is 16.5. The van der Waals surface area contributed by atoms with Gasteiger partial charge in [-0.3, -0.25) is 4.90 Å². The third-order valence-electron chi connectivity index (χ3n) is 2.94. The van der Waals surface area contributed by atoms with Crippen molar-refractivity contribution in [3.05, 3.63) is 35.4 Å². The van der Waals surface area contributed by atoms with Crippen molar-refractivity contribution >= 4 is 0 Å². The van der Waals surface area contributed by atoms with E-state index in [0.717, 1.165) is 31.9 Å². The van der Waals surface area contributed by atoms with Gasteiger partial charge in [0.15, 0.2) is 0 Å². The van der Waals surface area contributed by atoms with Crippen LogP contribution in [-0.2, 0) is 4.74 Å². The lowest BCUT2D eigenvalue weighted by Crippen LogP contribution is -2.38. The van der Waals surface area contributed by atoms with E-state index in [1.807, 2.05) is 6.07 Å². The summed E-state index contributed by atoms with van der Waals surface area (Å²) in [6.45, 7) is 3.76. The fourth-order valence-electron chi connectivity index (χ4n) is 1.95. The minimum Gasteiger partial charge on any atom is -0.387 e. The van der Waals surface area contributed by atoms with Crippen LogP contribution in [0.5, 0.6) is 0 Å². The summed E-state index contributed by atoms with van der Waals surface area (Å²) < 4.78 is 5.26. The smallest absolute Gasteiger partial charge is 0.0991 e. The van der Waals surface area contributed by atoms with Crippen LogP contribution in [0.3, 0.4) is 0 Å². The summed E-state index contributed by atoms with van der Waals surface area (Å²) >= 11 is 0. The van der Waals surface area contributed by atoms with Crippen molar-refractivity contribution in [3.63, 3.8) is 0 Å². The van der Waals surface area contributed by atoms with Crippen LogP contribution in [0.4, 0.5) is 0 Å². The summed E-state index contributed by atoms with van der Waals surface area (Å²) in [5.74, 6) is 0. The van der Waals surface area contributed by atoms with Crippen LogP contribution in [0.1, 0.15) is 17.2 Å². The first kappa shape index (κ1) is 12.1. The number of morpholine rings is 1. The van der Waals surface area contributed by atoms with Gasteiger partial charge in [-0.1, -0.05) is 12.1 Å². The summed E-state index contributed by atoms with van der Waals surface area (Å²) in [5, 5.41) is 18.9. The molecule has 0 amide bonds. The largest absolute Gasteiger partial charge is 0.387 e. The van der Waals surface area contributed by atoms with Crippen LogP contribution in [-0.4, -0.2) is 42.9 Å². The third-order valence-corrected chi connectivity index (χ3v) is 2.94. The molecule has 2 rings (SSSR count). The van der Waals surface area contributed by atoms with E-state index in [-0.39, 0.29) is 0 Å².